The summed E-state index contributed by atoms with van der Waals surface area (Å²) in [7, 11) is 0. The molecule has 2 N–H and O–H groups in total. The minimum absolute atomic E-state index is 0.0250. The van der Waals surface area contributed by atoms with E-state index in [9.17, 15) is 15.0 Å². The summed E-state index contributed by atoms with van der Waals surface area (Å²) >= 11 is 1.54. The van der Waals surface area contributed by atoms with Gasteiger partial charge in [-0.3, -0.25) is 9.69 Å². The van der Waals surface area contributed by atoms with Crippen LogP contribution in [0.4, 0.5) is 0 Å². The second-order valence-electron chi connectivity index (χ2n) is 5.85. The van der Waals surface area contributed by atoms with E-state index in [4.69, 9.17) is 0 Å². The Morgan fingerprint density at radius 1 is 1.33 bits per heavy atom. The summed E-state index contributed by atoms with van der Waals surface area (Å²) in [5.74, 6) is 0.166. The fraction of sp³-hybridized carbons (Fsp3) is 0.714. The Morgan fingerprint density at radius 2 is 2.14 bits per heavy atom. The molecule has 1 amide bonds. The number of carbonyl (C=O) groups is 1. The van der Waals surface area contributed by atoms with E-state index in [1.807, 2.05) is 10.3 Å². The molecule has 0 spiro atoms. The Balaban J connectivity index is 1.77. The molecule has 116 valence electrons. The summed E-state index contributed by atoms with van der Waals surface area (Å²) in [5.41, 5.74) is 2.73. The number of hydrogen-bond acceptors (Lipinski definition) is 6. The molecule has 0 radical (unpaired) electrons. The summed E-state index contributed by atoms with van der Waals surface area (Å²) in [6.07, 6.45) is 1.89. The number of rotatable bonds is 5. The number of thiazole rings is 1. The van der Waals surface area contributed by atoms with Gasteiger partial charge in [0, 0.05) is 24.5 Å². The Kier molecular flexibility index (Phi) is 4.54. The van der Waals surface area contributed by atoms with Crippen LogP contribution in [0.3, 0.4) is 0 Å². The van der Waals surface area contributed by atoms with E-state index in [0.717, 1.165) is 25.1 Å². The molecule has 0 aromatic carbocycles. The van der Waals surface area contributed by atoms with Crippen LogP contribution in [0.15, 0.2) is 10.9 Å². The maximum Gasteiger partial charge on any atom is 0.227 e. The quantitative estimate of drug-likeness (QED) is 0.795. The molecule has 4 rings (SSSR count). The summed E-state index contributed by atoms with van der Waals surface area (Å²) in [6, 6.07) is -0.112. The van der Waals surface area contributed by atoms with E-state index >= 15 is 0 Å². The molecule has 4 heterocycles. The average molecular weight is 311 g/mol. The number of aliphatic hydroxyl groups is 2. The second-order valence-corrected chi connectivity index (χ2v) is 6.57. The van der Waals surface area contributed by atoms with Crippen molar-refractivity contribution in [1.82, 2.24) is 14.8 Å². The Morgan fingerprint density at radius 3 is 2.81 bits per heavy atom. The maximum atomic E-state index is 12.6. The first-order chi connectivity index (χ1) is 10.2. The van der Waals surface area contributed by atoms with Crippen LogP contribution in [0.2, 0.25) is 0 Å². The first kappa shape index (κ1) is 14.9. The molecule has 3 fully saturated rings. The van der Waals surface area contributed by atoms with Gasteiger partial charge in [-0.1, -0.05) is 0 Å². The highest BCUT2D eigenvalue weighted by atomic mass is 32.1. The van der Waals surface area contributed by atoms with Crippen LogP contribution in [0.5, 0.6) is 0 Å². The lowest BCUT2D eigenvalue weighted by molar-refractivity contribution is -0.140. The highest BCUT2D eigenvalue weighted by Crippen LogP contribution is 2.31. The van der Waals surface area contributed by atoms with Gasteiger partial charge in [-0.05, 0) is 12.8 Å². The largest absolute Gasteiger partial charge is 0.395 e. The van der Waals surface area contributed by atoms with Crippen molar-refractivity contribution in [2.75, 3.05) is 26.3 Å². The number of amides is 1. The Labute approximate surface area is 128 Å². The number of nitrogens with zero attached hydrogens (tertiary/aromatic N) is 3. The normalized spacial score (nSPS) is 26.6. The van der Waals surface area contributed by atoms with Gasteiger partial charge in [0.1, 0.15) is 0 Å². The zero-order valence-corrected chi connectivity index (χ0v) is 12.7. The average Bonchev–Trinajstić information content (AvgIpc) is 2.86. The molecule has 1 aromatic heterocycles. The molecule has 0 saturated carbocycles. The van der Waals surface area contributed by atoms with Crippen LogP contribution in [0, 0.1) is 5.92 Å². The minimum atomic E-state index is -0.264. The van der Waals surface area contributed by atoms with Crippen LogP contribution >= 0.6 is 11.3 Å². The van der Waals surface area contributed by atoms with Crippen LogP contribution in [0.25, 0.3) is 0 Å². The Hall–Kier alpha value is -1.02. The van der Waals surface area contributed by atoms with E-state index in [0.29, 0.717) is 13.1 Å². The van der Waals surface area contributed by atoms with Crippen molar-refractivity contribution in [1.29, 1.82) is 0 Å². The number of carbonyl (C=O) groups excluding carboxylic acids is 1. The molecular weight excluding hydrogens is 290 g/mol. The standard InChI is InChI=1S/C14H21N3O3S/c18-6-13(7-19)16-3-10-1-2-12(5-16)17(14(10)20)4-11-8-21-9-15-11/h8-10,12-13,18-19H,1-7H2/t10-,12+/m0/s1. The van der Waals surface area contributed by atoms with E-state index in [1.165, 1.54) is 0 Å². The lowest BCUT2D eigenvalue weighted by Gasteiger charge is -2.36. The van der Waals surface area contributed by atoms with Crippen molar-refractivity contribution < 1.29 is 15.0 Å². The van der Waals surface area contributed by atoms with Crippen LogP contribution in [0.1, 0.15) is 18.5 Å². The zero-order valence-electron chi connectivity index (χ0n) is 11.9. The molecule has 2 bridgehead atoms. The van der Waals surface area contributed by atoms with Crippen molar-refractivity contribution in [3.63, 3.8) is 0 Å². The van der Waals surface area contributed by atoms with Gasteiger partial charge in [-0.25, -0.2) is 4.98 Å². The number of fused-ring (bicyclic) bond motifs is 4. The van der Waals surface area contributed by atoms with Crippen LogP contribution in [-0.2, 0) is 11.3 Å². The monoisotopic (exact) mass is 311 g/mol. The third kappa shape index (κ3) is 2.96. The van der Waals surface area contributed by atoms with E-state index in [-0.39, 0.29) is 37.1 Å². The topological polar surface area (TPSA) is 76.9 Å². The van der Waals surface area contributed by atoms with Crippen molar-refractivity contribution >= 4 is 17.2 Å². The summed E-state index contributed by atoms with van der Waals surface area (Å²) in [5, 5.41) is 20.8. The molecular formula is C14H21N3O3S. The zero-order chi connectivity index (χ0) is 14.8. The molecule has 21 heavy (non-hydrogen) atoms. The predicted molar refractivity (Wildman–Crippen MR) is 78.7 cm³/mol. The molecule has 0 aliphatic carbocycles. The van der Waals surface area contributed by atoms with E-state index < -0.39 is 0 Å². The molecule has 0 unspecified atom stereocenters. The molecule has 2 atom stereocenters. The van der Waals surface area contributed by atoms with E-state index in [2.05, 4.69) is 9.88 Å². The third-order valence-electron chi connectivity index (χ3n) is 4.58. The van der Waals surface area contributed by atoms with Crippen LogP contribution in [-0.4, -0.2) is 69.3 Å². The predicted octanol–water partition coefficient (Wildman–Crippen LogP) is -0.0809. The van der Waals surface area contributed by atoms with Gasteiger partial charge in [0.25, 0.3) is 0 Å². The van der Waals surface area contributed by atoms with Gasteiger partial charge in [0.15, 0.2) is 0 Å². The molecule has 3 aliphatic heterocycles. The highest BCUT2D eigenvalue weighted by Gasteiger charge is 2.42. The molecule has 7 heteroatoms. The Bertz CT molecular complexity index is 478. The maximum absolute atomic E-state index is 12.6. The third-order valence-corrected chi connectivity index (χ3v) is 5.21. The summed E-state index contributed by atoms with van der Waals surface area (Å²) in [6.45, 7) is 1.78. The van der Waals surface area contributed by atoms with Gasteiger partial charge in [0.2, 0.25) is 5.91 Å². The lowest BCUT2D eigenvalue weighted by atomic mass is 9.94. The van der Waals surface area contributed by atoms with Crippen molar-refractivity contribution in [2.24, 2.45) is 5.92 Å². The lowest BCUT2D eigenvalue weighted by Crippen LogP contribution is -2.48. The number of aromatic nitrogens is 1. The first-order valence-electron chi connectivity index (χ1n) is 7.36. The second kappa shape index (κ2) is 6.39. The smallest absolute Gasteiger partial charge is 0.227 e. The van der Waals surface area contributed by atoms with Gasteiger partial charge in [0.05, 0.1) is 42.9 Å². The molecule has 3 aliphatic rings. The highest BCUT2D eigenvalue weighted by molar-refractivity contribution is 7.07. The van der Waals surface area contributed by atoms with Crippen molar-refractivity contribution in [3.8, 4) is 0 Å². The van der Waals surface area contributed by atoms with Crippen molar-refractivity contribution in [3.05, 3.63) is 16.6 Å². The summed E-state index contributed by atoms with van der Waals surface area (Å²) < 4.78 is 0. The van der Waals surface area contributed by atoms with Gasteiger partial charge >= 0.3 is 0 Å². The van der Waals surface area contributed by atoms with E-state index in [1.54, 1.807) is 16.8 Å². The van der Waals surface area contributed by atoms with Crippen LogP contribution < -0.4 is 0 Å². The number of aliphatic hydroxyl groups excluding tert-OH is 2. The number of piperidine rings is 1. The fourth-order valence-electron chi connectivity index (χ4n) is 3.36. The van der Waals surface area contributed by atoms with Gasteiger partial charge in [-0.2, -0.15) is 0 Å². The molecule has 6 nitrogen and oxygen atoms in total. The fourth-order valence-corrected chi connectivity index (χ4v) is 3.91. The summed E-state index contributed by atoms with van der Waals surface area (Å²) in [4.78, 5) is 20.9. The minimum Gasteiger partial charge on any atom is -0.395 e. The van der Waals surface area contributed by atoms with Crippen molar-refractivity contribution in [2.45, 2.75) is 31.5 Å². The first-order valence-corrected chi connectivity index (χ1v) is 8.30. The van der Waals surface area contributed by atoms with Gasteiger partial charge < -0.3 is 15.1 Å². The SMILES string of the molecule is O=C1[C@H]2CC[C@H](CN(C(CO)CO)C2)N1Cc1cscn1. The molecule has 1 aromatic rings. The number of hydrogen-bond donors (Lipinski definition) is 2. The molecule has 3 saturated heterocycles. The van der Waals surface area contributed by atoms with Gasteiger partial charge in [-0.15, -0.1) is 11.3 Å².